The number of thiophene rings is 2. The summed E-state index contributed by atoms with van der Waals surface area (Å²) < 4.78 is 5.52. The van der Waals surface area contributed by atoms with Gasteiger partial charge in [-0.05, 0) is 256 Å². The third-order valence-electron chi connectivity index (χ3n) is 23.9. The second-order valence-corrected chi connectivity index (χ2v) is 35.7. The molecule has 4 heterocycles. The lowest BCUT2D eigenvalue weighted by atomic mass is 9.36. The largest absolute Gasteiger partial charge is 0.311 e. The summed E-state index contributed by atoms with van der Waals surface area (Å²) in [6, 6.07) is 59.0. The summed E-state index contributed by atoms with van der Waals surface area (Å²) in [5, 5.41) is 4.05. The van der Waals surface area contributed by atoms with Crippen molar-refractivity contribution in [3.63, 3.8) is 0 Å². The van der Waals surface area contributed by atoms with Crippen molar-refractivity contribution in [1.29, 1.82) is 0 Å². The second-order valence-electron chi connectivity index (χ2n) is 33.5. The summed E-state index contributed by atoms with van der Waals surface area (Å²) in [4.78, 5) is 5.35. The molecule has 2 nitrogen and oxygen atoms in total. The van der Waals surface area contributed by atoms with E-state index in [-0.39, 0.29) is 50.0 Å². The Bertz CT molecular complexity index is 4700. The first-order chi connectivity index (χ1) is 42.0. The van der Waals surface area contributed by atoms with Crippen LogP contribution in [-0.4, -0.2) is 6.71 Å². The van der Waals surface area contributed by atoms with Crippen LogP contribution in [0.3, 0.4) is 0 Å². The number of para-hydroxylation sites is 1. The van der Waals surface area contributed by atoms with Crippen molar-refractivity contribution in [3.05, 3.63) is 207 Å². The minimum atomic E-state index is -0.0493. The zero-order chi connectivity index (χ0) is 62.1. The van der Waals surface area contributed by atoms with Gasteiger partial charge in [0.2, 0.25) is 0 Å². The fraction of sp³-hybridized carbons (Fsp3) is 0.381. The molecule has 2 aromatic heterocycles. The maximum atomic E-state index is 2.78. The lowest BCUT2D eigenvalue weighted by Gasteiger charge is -2.46. The zero-order valence-electron chi connectivity index (χ0n) is 55.9. The van der Waals surface area contributed by atoms with Crippen LogP contribution >= 0.6 is 22.7 Å². The molecular weight excluding hydrogens is 1110 g/mol. The number of hydrogen-bond acceptors (Lipinski definition) is 4. The number of fused-ring (bicyclic) bond motifs is 13. The van der Waals surface area contributed by atoms with Crippen molar-refractivity contribution < 1.29 is 0 Å². The molecule has 0 amide bonds. The minimum Gasteiger partial charge on any atom is -0.311 e. The summed E-state index contributed by atoms with van der Waals surface area (Å²) >= 11 is 4.01. The van der Waals surface area contributed by atoms with Crippen LogP contribution in [-0.2, 0) is 43.3 Å². The second kappa shape index (κ2) is 19.0. The number of anilines is 6. The molecule has 0 N–H and O–H groups in total. The highest BCUT2D eigenvalue weighted by molar-refractivity contribution is 7.33. The molecule has 8 aromatic carbocycles. The Balaban J connectivity index is 1.07. The van der Waals surface area contributed by atoms with Crippen molar-refractivity contribution in [2.45, 2.75) is 205 Å². The molecular formula is C84H89BN2S2. The molecule has 0 atom stereocenters. The van der Waals surface area contributed by atoms with Gasteiger partial charge in [-0.25, -0.2) is 0 Å². The lowest BCUT2D eigenvalue weighted by Crippen LogP contribution is -2.58. The predicted octanol–water partition coefficient (Wildman–Crippen LogP) is 22.3. The summed E-state index contributed by atoms with van der Waals surface area (Å²) in [6.45, 7) is 40.0. The Morgan fingerprint density at radius 1 is 0.371 bits per heavy atom. The number of benzene rings is 8. The van der Waals surface area contributed by atoms with Crippen LogP contribution < -0.4 is 25.5 Å². The molecule has 6 aliphatic rings. The van der Waals surface area contributed by atoms with E-state index >= 15 is 0 Å². The topological polar surface area (TPSA) is 6.48 Å². The Hall–Kier alpha value is -6.66. The van der Waals surface area contributed by atoms with Crippen molar-refractivity contribution in [3.8, 4) is 0 Å². The van der Waals surface area contributed by atoms with E-state index in [1.54, 1.807) is 0 Å². The van der Waals surface area contributed by atoms with Gasteiger partial charge in [0.1, 0.15) is 0 Å². The average Bonchev–Trinajstić information content (AvgIpc) is 1.66. The SMILES string of the molecule is CC1(C)CCC(C)(C)c2cc(C3=Cc4cc(N(c5ccccc5)c5ccc6c(c5)sc5ccccc56)cc5c4B(c4cc6c(cc4N5c4ccc5c(c4)C(C)(C)CCC5(C)C)C(C)(C)CCC6(C)C)c4sc5cc6c(cc5c43)C(C)(C)CCC6(C)C)ccc21. The smallest absolute Gasteiger partial charge is 0.260 e. The van der Waals surface area contributed by atoms with Crippen molar-refractivity contribution in [2.75, 3.05) is 9.80 Å². The van der Waals surface area contributed by atoms with Gasteiger partial charge in [-0.15, -0.1) is 22.7 Å². The van der Waals surface area contributed by atoms with E-state index in [9.17, 15) is 0 Å². The van der Waals surface area contributed by atoms with Crippen molar-refractivity contribution >= 4 is 121 Å². The summed E-state index contributed by atoms with van der Waals surface area (Å²) in [7, 11) is 0. The molecule has 0 fully saturated rings. The van der Waals surface area contributed by atoms with Crippen LogP contribution in [0, 0.1) is 0 Å². The minimum absolute atomic E-state index is 0.00185. The van der Waals surface area contributed by atoms with Crippen LogP contribution in [0.25, 0.3) is 41.9 Å². The number of hydrogen-bond donors (Lipinski definition) is 0. The molecule has 450 valence electrons. The van der Waals surface area contributed by atoms with Gasteiger partial charge in [-0.3, -0.25) is 0 Å². The monoisotopic (exact) mass is 1200 g/mol. The first-order valence-corrected chi connectivity index (χ1v) is 35.2. The molecule has 4 aliphatic carbocycles. The lowest BCUT2D eigenvalue weighted by molar-refractivity contribution is 0.332. The van der Waals surface area contributed by atoms with Crippen LogP contribution in [0.1, 0.15) is 223 Å². The molecule has 5 heteroatoms. The maximum Gasteiger partial charge on any atom is 0.260 e. The Morgan fingerprint density at radius 3 is 1.53 bits per heavy atom. The fourth-order valence-corrected chi connectivity index (χ4v) is 20.2. The van der Waals surface area contributed by atoms with E-state index in [4.69, 9.17) is 0 Å². The molecule has 16 rings (SSSR count). The summed E-state index contributed by atoms with van der Waals surface area (Å²) in [5.41, 5.74) is 28.0. The molecule has 89 heavy (non-hydrogen) atoms. The summed E-state index contributed by atoms with van der Waals surface area (Å²) in [5.74, 6) is 0. The van der Waals surface area contributed by atoms with E-state index < -0.39 is 0 Å². The van der Waals surface area contributed by atoms with Crippen LogP contribution in [0.5, 0.6) is 0 Å². The highest BCUT2D eigenvalue weighted by Crippen LogP contribution is 2.56. The van der Waals surface area contributed by atoms with Gasteiger partial charge in [0.05, 0.1) is 0 Å². The summed E-state index contributed by atoms with van der Waals surface area (Å²) in [6.07, 6.45) is 12.1. The van der Waals surface area contributed by atoms with E-state index in [0.717, 1.165) is 36.3 Å². The Labute approximate surface area is 539 Å². The standard InChI is InChI=1S/C84H89BN2S2/c1-77(2)32-34-79(5,6)62-42-50(26-30-60(62)77)58-41-51-40-55(86(52-22-18-17-19-23-52)54-27-29-57-56-24-20-21-25-71(56)88-72(57)45-54)44-70-75(51)85(76-74(58)59-46-64-67(49-73(59)89-76)84(15,16)39-36-81(64,9)10)68-47-65-66(83(13,14)38-37-82(65,11)12)48-69(68)87(70)53-28-31-61-63(43-53)80(7,8)35-33-78(61,3)4/h17-31,40-49H,32-39H2,1-16H3. The average molecular weight is 1200 g/mol. The Morgan fingerprint density at radius 2 is 0.888 bits per heavy atom. The quantitative estimate of drug-likeness (QED) is 0.159. The molecule has 0 saturated carbocycles. The highest BCUT2D eigenvalue weighted by Gasteiger charge is 2.48. The van der Waals surface area contributed by atoms with Gasteiger partial charge in [-0.1, -0.05) is 184 Å². The molecule has 10 aromatic rings. The zero-order valence-corrected chi connectivity index (χ0v) is 57.5. The van der Waals surface area contributed by atoms with Gasteiger partial charge in [0.15, 0.2) is 0 Å². The maximum absolute atomic E-state index is 2.78. The molecule has 0 radical (unpaired) electrons. The van der Waals surface area contributed by atoms with E-state index in [1.807, 2.05) is 11.3 Å². The van der Waals surface area contributed by atoms with Crippen molar-refractivity contribution in [1.82, 2.24) is 0 Å². The van der Waals surface area contributed by atoms with E-state index in [1.165, 1.54) is 162 Å². The fourth-order valence-electron chi connectivity index (χ4n) is 17.7. The van der Waals surface area contributed by atoms with Crippen molar-refractivity contribution in [2.24, 2.45) is 0 Å². The van der Waals surface area contributed by atoms with Gasteiger partial charge in [-0.2, -0.15) is 0 Å². The third kappa shape index (κ3) is 8.65. The Kier molecular flexibility index (Phi) is 12.3. The van der Waals surface area contributed by atoms with Gasteiger partial charge in [0, 0.05) is 64.4 Å². The first-order valence-electron chi connectivity index (χ1n) is 33.6. The van der Waals surface area contributed by atoms with Crippen LogP contribution in [0.15, 0.2) is 146 Å². The van der Waals surface area contributed by atoms with Gasteiger partial charge in [0.25, 0.3) is 6.71 Å². The van der Waals surface area contributed by atoms with Crippen LogP contribution in [0.4, 0.5) is 34.1 Å². The van der Waals surface area contributed by atoms with Gasteiger partial charge < -0.3 is 9.80 Å². The highest BCUT2D eigenvalue weighted by atomic mass is 32.1. The third-order valence-corrected chi connectivity index (χ3v) is 26.3. The predicted molar refractivity (Wildman–Crippen MR) is 390 cm³/mol. The molecule has 0 spiro atoms. The van der Waals surface area contributed by atoms with Crippen LogP contribution in [0.2, 0.25) is 0 Å². The first kappa shape index (κ1) is 57.5. The normalized spacial score (nSPS) is 20.5. The number of rotatable bonds is 5. The molecule has 0 bridgehead atoms. The van der Waals surface area contributed by atoms with E-state index in [0.29, 0.717) is 0 Å². The number of nitrogens with zero attached hydrogens (tertiary/aromatic N) is 2. The molecule has 2 aliphatic heterocycles. The molecule has 0 saturated heterocycles. The molecule has 0 unspecified atom stereocenters. The van der Waals surface area contributed by atoms with E-state index in [2.05, 4.69) is 284 Å². The van der Waals surface area contributed by atoms with Gasteiger partial charge >= 0.3 is 0 Å².